The summed E-state index contributed by atoms with van der Waals surface area (Å²) < 4.78 is 30.0. The van der Waals surface area contributed by atoms with E-state index in [0.29, 0.717) is 37.9 Å². The summed E-state index contributed by atoms with van der Waals surface area (Å²) in [4.78, 5) is 23.7. The fourth-order valence-corrected chi connectivity index (χ4v) is 5.55. The van der Waals surface area contributed by atoms with Crippen molar-refractivity contribution in [2.24, 2.45) is 0 Å². The molecule has 1 aliphatic carbocycles. The number of nitrogens with zero attached hydrogens (tertiary/aromatic N) is 4. The average molecular weight is 450 g/mol. The van der Waals surface area contributed by atoms with Crippen LogP contribution in [0.1, 0.15) is 57.6 Å². The number of carbonyl (C=O) groups excluding carboxylic acids is 1. The quantitative estimate of drug-likeness (QED) is 0.764. The van der Waals surface area contributed by atoms with E-state index in [4.69, 9.17) is 0 Å². The van der Waals surface area contributed by atoms with Gasteiger partial charge in [-0.2, -0.15) is 0 Å². The number of aromatic nitrogens is 1. The van der Waals surface area contributed by atoms with Gasteiger partial charge in [0.05, 0.1) is 0 Å². The Morgan fingerprint density at radius 2 is 1.81 bits per heavy atom. The van der Waals surface area contributed by atoms with Crippen LogP contribution in [0.25, 0.3) is 0 Å². The Hall–Kier alpha value is -1.80. The highest BCUT2D eigenvalue weighted by Crippen LogP contribution is 2.37. The number of likely N-dealkylation sites (tertiary alicyclic amines) is 1. The third kappa shape index (κ3) is 5.22. The van der Waals surface area contributed by atoms with Crippen LogP contribution >= 0.6 is 0 Å². The molecule has 0 aromatic carbocycles. The number of alkyl halides is 2. The van der Waals surface area contributed by atoms with Gasteiger partial charge in [-0.15, -0.1) is 0 Å². The number of rotatable bonds is 4. The Labute approximate surface area is 190 Å². The second-order valence-corrected chi connectivity index (χ2v) is 9.83. The first-order valence-corrected chi connectivity index (χ1v) is 12.2. The maximum absolute atomic E-state index is 15.0. The number of hydrogen-bond acceptors (Lipinski definition) is 4. The zero-order valence-electron chi connectivity index (χ0n) is 19.4. The van der Waals surface area contributed by atoms with E-state index in [1.165, 1.54) is 0 Å². The maximum atomic E-state index is 15.0. The van der Waals surface area contributed by atoms with Crippen LogP contribution in [0.3, 0.4) is 0 Å². The molecule has 3 heterocycles. The molecule has 2 atom stereocenters. The van der Waals surface area contributed by atoms with Crippen molar-refractivity contribution in [3.05, 3.63) is 30.1 Å². The first kappa shape index (κ1) is 23.4. The van der Waals surface area contributed by atoms with E-state index in [2.05, 4.69) is 33.9 Å². The number of pyridine rings is 1. The molecule has 2 amide bonds. The predicted octanol–water partition coefficient (Wildman–Crippen LogP) is 3.55. The fourth-order valence-electron chi connectivity index (χ4n) is 5.55. The van der Waals surface area contributed by atoms with Gasteiger partial charge >= 0.3 is 6.03 Å². The smallest absolute Gasteiger partial charge is 0.317 e. The standard InChI is InChI=1S/C24H37F2N5O/c1-18(2)29-14-16-30(17-15-29)21-7-5-10-24(25,26)22(21)28-23(32)31-12-8-19(9-13-31)20-6-3-4-11-27-20/h3-4,6,11,18-19,21-22H,5,7-10,12-17H2,1-2H3,(H,28,32)/t21?,22-/m1/s1. The molecule has 1 saturated carbocycles. The largest absolute Gasteiger partial charge is 0.328 e. The molecule has 1 aromatic rings. The van der Waals surface area contributed by atoms with Crippen LogP contribution in [0.5, 0.6) is 0 Å². The van der Waals surface area contributed by atoms with E-state index in [0.717, 1.165) is 44.7 Å². The van der Waals surface area contributed by atoms with E-state index >= 15 is 8.78 Å². The fraction of sp³-hybridized carbons (Fsp3) is 0.750. The molecule has 8 heteroatoms. The highest BCUT2D eigenvalue weighted by Gasteiger charge is 2.50. The molecule has 2 saturated heterocycles. The van der Waals surface area contributed by atoms with Crippen molar-refractivity contribution < 1.29 is 13.6 Å². The van der Waals surface area contributed by atoms with E-state index in [-0.39, 0.29) is 18.5 Å². The van der Waals surface area contributed by atoms with Crippen molar-refractivity contribution in [3.63, 3.8) is 0 Å². The van der Waals surface area contributed by atoms with Crippen LogP contribution in [0.15, 0.2) is 24.4 Å². The van der Waals surface area contributed by atoms with Gasteiger partial charge in [-0.3, -0.25) is 14.8 Å². The molecule has 1 unspecified atom stereocenters. The van der Waals surface area contributed by atoms with Gasteiger partial charge in [-0.25, -0.2) is 13.6 Å². The van der Waals surface area contributed by atoms with Gasteiger partial charge in [0.25, 0.3) is 5.92 Å². The van der Waals surface area contributed by atoms with Gasteiger partial charge < -0.3 is 10.2 Å². The van der Waals surface area contributed by atoms with Gasteiger partial charge in [0, 0.05) is 75.6 Å². The molecule has 3 aliphatic rings. The number of piperazine rings is 1. The van der Waals surface area contributed by atoms with Crippen LogP contribution in [-0.4, -0.2) is 89.0 Å². The number of halogens is 2. The van der Waals surface area contributed by atoms with Gasteiger partial charge in [0.2, 0.25) is 0 Å². The summed E-state index contributed by atoms with van der Waals surface area (Å²) in [7, 11) is 0. The molecule has 0 bridgehead atoms. The lowest BCUT2D eigenvalue weighted by atomic mass is 9.85. The van der Waals surface area contributed by atoms with Crippen molar-refractivity contribution in [2.45, 2.75) is 75.9 Å². The first-order valence-electron chi connectivity index (χ1n) is 12.2. The van der Waals surface area contributed by atoms with Crippen molar-refractivity contribution in [1.82, 2.24) is 25.0 Å². The number of nitrogens with one attached hydrogen (secondary N) is 1. The summed E-state index contributed by atoms with van der Waals surface area (Å²) in [6.45, 7) is 8.82. The summed E-state index contributed by atoms with van der Waals surface area (Å²) in [5.74, 6) is -2.55. The second kappa shape index (κ2) is 10.00. The number of amides is 2. The van der Waals surface area contributed by atoms with E-state index < -0.39 is 12.0 Å². The number of carbonyl (C=O) groups is 1. The molecule has 32 heavy (non-hydrogen) atoms. The van der Waals surface area contributed by atoms with Crippen LogP contribution in [0.4, 0.5) is 13.6 Å². The lowest BCUT2D eigenvalue weighted by Crippen LogP contribution is -2.66. The van der Waals surface area contributed by atoms with Gasteiger partial charge in [0.15, 0.2) is 0 Å². The van der Waals surface area contributed by atoms with Crippen molar-refractivity contribution in [2.75, 3.05) is 39.3 Å². The molecular weight excluding hydrogens is 412 g/mol. The number of piperidine rings is 1. The summed E-state index contributed by atoms with van der Waals surface area (Å²) >= 11 is 0. The normalized spacial score (nSPS) is 28.1. The molecule has 178 valence electrons. The van der Waals surface area contributed by atoms with Crippen LogP contribution in [0, 0.1) is 0 Å². The van der Waals surface area contributed by atoms with E-state index in [9.17, 15) is 4.79 Å². The molecule has 2 aliphatic heterocycles. The monoisotopic (exact) mass is 449 g/mol. The van der Waals surface area contributed by atoms with Crippen molar-refractivity contribution in [3.8, 4) is 0 Å². The minimum absolute atomic E-state index is 0.151. The third-order valence-electron chi connectivity index (χ3n) is 7.57. The van der Waals surface area contributed by atoms with E-state index in [1.54, 1.807) is 11.1 Å². The summed E-state index contributed by atoms with van der Waals surface area (Å²) in [6, 6.07) is 4.60. The zero-order valence-corrected chi connectivity index (χ0v) is 19.4. The summed E-state index contributed by atoms with van der Waals surface area (Å²) in [6.07, 6.45) is 4.48. The first-order chi connectivity index (χ1) is 15.3. The molecule has 1 aromatic heterocycles. The second-order valence-electron chi connectivity index (χ2n) is 9.83. The number of urea groups is 1. The Balaban J connectivity index is 1.36. The lowest BCUT2D eigenvalue weighted by molar-refractivity contribution is -0.0973. The average Bonchev–Trinajstić information content (AvgIpc) is 2.81. The highest BCUT2D eigenvalue weighted by atomic mass is 19.3. The lowest BCUT2D eigenvalue weighted by Gasteiger charge is -2.47. The summed E-state index contributed by atoms with van der Waals surface area (Å²) in [5.41, 5.74) is 1.05. The van der Waals surface area contributed by atoms with Crippen molar-refractivity contribution in [1.29, 1.82) is 0 Å². The van der Waals surface area contributed by atoms with Crippen LogP contribution in [-0.2, 0) is 0 Å². The molecule has 4 rings (SSSR count). The van der Waals surface area contributed by atoms with Crippen molar-refractivity contribution >= 4 is 6.03 Å². The molecule has 1 N–H and O–H groups in total. The predicted molar refractivity (Wildman–Crippen MR) is 121 cm³/mol. The number of hydrogen-bond donors (Lipinski definition) is 1. The SMILES string of the molecule is CC(C)N1CCN(C2CCCC(F)(F)[C@@H]2NC(=O)N2CCC(c3ccccn3)CC2)CC1. The van der Waals surface area contributed by atoms with Gasteiger partial charge in [-0.1, -0.05) is 6.07 Å². The van der Waals surface area contributed by atoms with Gasteiger partial charge in [0.1, 0.15) is 6.04 Å². The van der Waals surface area contributed by atoms with E-state index in [1.807, 2.05) is 18.2 Å². The molecule has 0 radical (unpaired) electrons. The Morgan fingerprint density at radius 3 is 2.44 bits per heavy atom. The zero-order chi connectivity index (χ0) is 22.7. The molecule has 6 nitrogen and oxygen atoms in total. The van der Waals surface area contributed by atoms with Crippen LogP contribution < -0.4 is 5.32 Å². The Kier molecular flexibility index (Phi) is 7.30. The summed E-state index contributed by atoms with van der Waals surface area (Å²) in [5, 5.41) is 2.78. The minimum Gasteiger partial charge on any atom is -0.328 e. The van der Waals surface area contributed by atoms with Gasteiger partial charge in [-0.05, 0) is 51.7 Å². The maximum Gasteiger partial charge on any atom is 0.317 e. The Bertz CT molecular complexity index is 746. The molecular formula is C24H37F2N5O. The molecule has 3 fully saturated rings. The topological polar surface area (TPSA) is 51.7 Å². The highest BCUT2D eigenvalue weighted by molar-refractivity contribution is 5.75. The Morgan fingerprint density at radius 1 is 1.09 bits per heavy atom. The third-order valence-corrected chi connectivity index (χ3v) is 7.57. The minimum atomic E-state index is -2.87. The van der Waals surface area contributed by atoms with Crippen LogP contribution in [0.2, 0.25) is 0 Å². The molecule has 0 spiro atoms.